The lowest BCUT2D eigenvalue weighted by molar-refractivity contribution is 0.174. The van der Waals surface area contributed by atoms with Crippen molar-refractivity contribution >= 4 is 44.8 Å². The molecule has 0 spiro atoms. The predicted octanol–water partition coefficient (Wildman–Crippen LogP) is 4.31. The molecule has 3 heterocycles. The molecule has 0 aliphatic carbocycles. The SMILES string of the molecule is O=C(NCc1ccc2c(c1)OCO2)Nc1ccc2[nH]c3nc4ccccc4nc3c2c1. The molecule has 0 atom stereocenters. The molecule has 152 valence electrons. The number of hydrogen-bond donors (Lipinski definition) is 3. The van der Waals surface area contributed by atoms with Crippen molar-refractivity contribution in [2.75, 3.05) is 12.1 Å². The molecule has 8 nitrogen and oxygen atoms in total. The zero-order valence-electron chi connectivity index (χ0n) is 16.3. The molecule has 2 amide bonds. The van der Waals surface area contributed by atoms with Crippen molar-refractivity contribution in [3.8, 4) is 11.5 Å². The van der Waals surface area contributed by atoms with Gasteiger partial charge >= 0.3 is 6.03 Å². The number of aromatic nitrogens is 3. The van der Waals surface area contributed by atoms with Crippen LogP contribution >= 0.6 is 0 Å². The Hall–Kier alpha value is -4.33. The fourth-order valence-electron chi connectivity index (χ4n) is 3.74. The fraction of sp³-hybridized carbons (Fsp3) is 0.0870. The Bertz CT molecular complexity index is 1480. The van der Waals surface area contributed by atoms with Crippen LogP contribution in [-0.2, 0) is 6.54 Å². The standard InChI is InChI=1S/C23H17N5O3/c29-23(24-11-13-5-8-19-20(9-13)31-12-30-19)25-14-6-7-16-15(10-14)21-22(27-16)28-18-4-2-1-3-17(18)26-21/h1-10H,11-12H2,(H,27,28)(H2,24,25,29). The number of nitrogens with one attached hydrogen (secondary N) is 3. The molecule has 3 N–H and O–H groups in total. The minimum atomic E-state index is -0.298. The zero-order chi connectivity index (χ0) is 20.8. The second-order valence-electron chi connectivity index (χ2n) is 7.29. The summed E-state index contributed by atoms with van der Waals surface area (Å²) in [6, 6.07) is 18.7. The Balaban J connectivity index is 1.23. The smallest absolute Gasteiger partial charge is 0.319 e. The molecule has 2 aromatic heterocycles. The number of H-pyrrole nitrogens is 1. The lowest BCUT2D eigenvalue weighted by atomic mass is 10.2. The van der Waals surface area contributed by atoms with E-state index in [4.69, 9.17) is 14.5 Å². The average molecular weight is 411 g/mol. The first kappa shape index (κ1) is 17.5. The predicted molar refractivity (Wildman–Crippen MR) is 117 cm³/mol. The van der Waals surface area contributed by atoms with Gasteiger partial charge in [0.15, 0.2) is 17.1 Å². The molecule has 0 bridgehead atoms. The minimum Gasteiger partial charge on any atom is -0.454 e. The number of urea groups is 1. The largest absolute Gasteiger partial charge is 0.454 e. The number of carbonyl (C=O) groups excluding carboxylic acids is 1. The van der Waals surface area contributed by atoms with Crippen molar-refractivity contribution in [1.29, 1.82) is 0 Å². The van der Waals surface area contributed by atoms with Gasteiger partial charge in [-0.3, -0.25) is 0 Å². The summed E-state index contributed by atoms with van der Waals surface area (Å²) in [5.74, 6) is 1.41. The van der Waals surface area contributed by atoms with Gasteiger partial charge in [-0.1, -0.05) is 18.2 Å². The number of aromatic amines is 1. The van der Waals surface area contributed by atoms with Gasteiger partial charge < -0.3 is 25.1 Å². The molecule has 0 saturated heterocycles. The molecule has 3 aromatic carbocycles. The number of para-hydroxylation sites is 2. The molecule has 0 unspecified atom stereocenters. The Labute approximate surface area is 176 Å². The van der Waals surface area contributed by atoms with Gasteiger partial charge in [0.25, 0.3) is 0 Å². The maximum atomic E-state index is 12.4. The van der Waals surface area contributed by atoms with E-state index >= 15 is 0 Å². The number of ether oxygens (including phenoxy) is 2. The van der Waals surface area contributed by atoms with Crippen molar-refractivity contribution < 1.29 is 14.3 Å². The highest BCUT2D eigenvalue weighted by Crippen LogP contribution is 2.32. The first-order valence-electron chi connectivity index (χ1n) is 9.84. The second kappa shape index (κ2) is 6.88. The molecule has 8 heteroatoms. The molecule has 1 aliphatic heterocycles. The molecule has 0 fully saturated rings. The van der Waals surface area contributed by atoms with Crippen molar-refractivity contribution in [2.24, 2.45) is 0 Å². The van der Waals surface area contributed by atoms with Crippen LogP contribution in [0.3, 0.4) is 0 Å². The van der Waals surface area contributed by atoms with Gasteiger partial charge in [0.05, 0.1) is 11.0 Å². The first-order chi connectivity index (χ1) is 15.2. The zero-order valence-corrected chi connectivity index (χ0v) is 16.3. The number of benzene rings is 3. The quantitative estimate of drug-likeness (QED) is 0.411. The maximum absolute atomic E-state index is 12.4. The number of carbonyl (C=O) groups is 1. The third-order valence-corrected chi connectivity index (χ3v) is 5.25. The van der Waals surface area contributed by atoms with Crippen LogP contribution in [0.1, 0.15) is 5.56 Å². The molecule has 0 saturated carbocycles. The Morgan fingerprint density at radius 3 is 2.71 bits per heavy atom. The van der Waals surface area contributed by atoms with Crippen LogP contribution in [-0.4, -0.2) is 27.8 Å². The second-order valence-corrected chi connectivity index (χ2v) is 7.29. The maximum Gasteiger partial charge on any atom is 0.319 e. The van der Waals surface area contributed by atoms with Crippen molar-refractivity contribution in [3.05, 3.63) is 66.2 Å². The lowest BCUT2D eigenvalue weighted by Gasteiger charge is -2.08. The van der Waals surface area contributed by atoms with E-state index in [1.807, 2.05) is 60.7 Å². The van der Waals surface area contributed by atoms with E-state index in [2.05, 4.69) is 20.6 Å². The highest BCUT2D eigenvalue weighted by molar-refractivity contribution is 6.07. The van der Waals surface area contributed by atoms with E-state index < -0.39 is 0 Å². The fourth-order valence-corrected chi connectivity index (χ4v) is 3.74. The number of hydrogen-bond acceptors (Lipinski definition) is 5. The third-order valence-electron chi connectivity index (χ3n) is 5.25. The lowest BCUT2D eigenvalue weighted by Crippen LogP contribution is -2.28. The number of amides is 2. The van der Waals surface area contributed by atoms with Crippen LogP contribution in [0, 0.1) is 0 Å². The number of nitrogens with zero attached hydrogens (tertiary/aromatic N) is 2. The summed E-state index contributed by atoms with van der Waals surface area (Å²) in [4.78, 5) is 25.1. The molecule has 6 rings (SSSR count). The van der Waals surface area contributed by atoms with E-state index in [0.717, 1.165) is 44.4 Å². The van der Waals surface area contributed by atoms with Gasteiger partial charge in [-0.15, -0.1) is 0 Å². The summed E-state index contributed by atoms with van der Waals surface area (Å²) >= 11 is 0. The van der Waals surface area contributed by atoms with Gasteiger partial charge in [0.1, 0.15) is 5.52 Å². The summed E-state index contributed by atoms with van der Waals surface area (Å²) in [5.41, 5.74) is 5.67. The van der Waals surface area contributed by atoms with Crippen LogP contribution in [0.2, 0.25) is 0 Å². The molecule has 0 radical (unpaired) electrons. The van der Waals surface area contributed by atoms with Gasteiger partial charge in [0, 0.05) is 23.1 Å². The van der Waals surface area contributed by atoms with Gasteiger partial charge in [-0.2, -0.15) is 0 Å². The number of rotatable bonds is 3. The van der Waals surface area contributed by atoms with Crippen LogP contribution in [0.25, 0.3) is 33.1 Å². The van der Waals surface area contributed by atoms with E-state index in [-0.39, 0.29) is 12.8 Å². The summed E-state index contributed by atoms with van der Waals surface area (Å²) in [5, 5.41) is 6.64. The highest BCUT2D eigenvalue weighted by atomic mass is 16.7. The molecule has 31 heavy (non-hydrogen) atoms. The summed E-state index contributed by atoms with van der Waals surface area (Å²) in [6.07, 6.45) is 0. The van der Waals surface area contributed by atoms with Crippen LogP contribution in [0.4, 0.5) is 10.5 Å². The highest BCUT2D eigenvalue weighted by Gasteiger charge is 2.14. The molecule has 1 aliphatic rings. The van der Waals surface area contributed by atoms with E-state index in [9.17, 15) is 4.79 Å². The number of fused-ring (bicyclic) bond motifs is 5. The third kappa shape index (κ3) is 3.14. The Morgan fingerprint density at radius 1 is 0.968 bits per heavy atom. The van der Waals surface area contributed by atoms with Crippen LogP contribution in [0.15, 0.2) is 60.7 Å². The topological polar surface area (TPSA) is 101 Å². The summed E-state index contributed by atoms with van der Waals surface area (Å²) < 4.78 is 10.7. The molecular weight excluding hydrogens is 394 g/mol. The van der Waals surface area contributed by atoms with E-state index in [0.29, 0.717) is 18.0 Å². The monoisotopic (exact) mass is 411 g/mol. The van der Waals surface area contributed by atoms with Crippen molar-refractivity contribution in [3.63, 3.8) is 0 Å². The first-order valence-corrected chi connectivity index (χ1v) is 9.84. The minimum absolute atomic E-state index is 0.225. The molecular formula is C23H17N5O3. The van der Waals surface area contributed by atoms with Gasteiger partial charge in [0.2, 0.25) is 6.79 Å². The van der Waals surface area contributed by atoms with Gasteiger partial charge in [-0.25, -0.2) is 14.8 Å². The van der Waals surface area contributed by atoms with Crippen molar-refractivity contribution in [2.45, 2.75) is 6.54 Å². The van der Waals surface area contributed by atoms with Gasteiger partial charge in [-0.05, 0) is 48.0 Å². The summed E-state index contributed by atoms with van der Waals surface area (Å²) in [6.45, 7) is 0.596. The summed E-state index contributed by atoms with van der Waals surface area (Å²) in [7, 11) is 0. The Kier molecular flexibility index (Phi) is 3.89. The van der Waals surface area contributed by atoms with Crippen LogP contribution in [0.5, 0.6) is 11.5 Å². The van der Waals surface area contributed by atoms with E-state index in [1.54, 1.807) is 0 Å². The number of anilines is 1. The average Bonchev–Trinajstić information content (AvgIpc) is 3.39. The van der Waals surface area contributed by atoms with E-state index in [1.165, 1.54) is 0 Å². The Morgan fingerprint density at radius 2 is 1.81 bits per heavy atom. The molecule has 5 aromatic rings. The van der Waals surface area contributed by atoms with Crippen molar-refractivity contribution in [1.82, 2.24) is 20.3 Å². The normalized spacial score (nSPS) is 12.5. The van der Waals surface area contributed by atoms with Crippen LogP contribution < -0.4 is 20.1 Å².